The number of alkyl halides is 3. The van der Waals surface area contributed by atoms with E-state index in [9.17, 15) is 26.7 Å². The summed E-state index contributed by atoms with van der Waals surface area (Å²) in [5.41, 5.74) is 2.72. The lowest BCUT2D eigenvalue weighted by molar-refractivity contribution is -0.274. The maximum Gasteiger partial charge on any atom is 0.573 e. The van der Waals surface area contributed by atoms with Crippen LogP contribution in [0, 0.1) is 17.6 Å². The first-order valence-electron chi connectivity index (χ1n) is 12.6. The molecule has 0 spiro atoms. The quantitative estimate of drug-likeness (QED) is 0.223. The molecule has 0 fully saturated rings. The fraction of sp³-hybridized carbons (Fsp3) is 0.161. The Morgan fingerprint density at radius 3 is 2.05 bits per heavy atom. The van der Waals surface area contributed by atoms with E-state index in [-0.39, 0.29) is 35.9 Å². The number of nitrogens with zero attached hydrogens (tertiary/aromatic N) is 1. The number of carbonyl (C=O) groups excluding carboxylic acids is 1. The van der Waals surface area contributed by atoms with Crippen molar-refractivity contribution in [3.8, 4) is 16.9 Å². The van der Waals surface area contributed by atoms with Crippen molar-refractivity contribution in [1.29, 1.82) is 0 Å². The lowest BCUT2D eigenvalue weighted by Gasteiger charge is -2.18. The number of amides is 1. The predicted octanol–water partition coefficient (Wildman–Crippen LogP) is 8.05. The highest BCUT2D eigenvalue weighted by Gasteiger charge is 2.37. The second kappa shape index (κ2) is 11.7. The minimum absolute atomic E-state index is 0.0252. The number of halogens is 6. The molecule has 210 valence electrons. The van der Waals surface area contributed by atoms with Gasteiger partial charge in [0.15, 0.2) is 0 Å². The summed E-state index contributed by atoms with van der Waals surface area (Å²) in [7, 11) is 0. The lowest BCUT2D eigenvalue weighted by atomic mass is 9.89. The van der Waals surface area contributed by atoms with Gasteiger partial charge in [-0.15, -0.1) is 13.2 Å². The minimum atomic E-state index is -4.78. The van der Waals surface area contributed by atoms with Gasteiger partial charge in [-0.3, -0.25) is 9.79 Å². The molecule has 1 heterocycles. The van der Waals surface area contributed by atoms with Gasteiger partial charge in [0.1, 0.15) is 17.4 Å². The molecule has 1 aliphatic heterocycles. The Bertz CT molecular complexity index is 1550. The Morgan fingerprint density at radius 1 is 0.878 bits per heavy atom. The Kier molecular flexibility index (Phi) is 8.08. The summed E-state index contributed by atoms with van der Waals surface area (Å²) >= 11 is 5.93. The molecule has 0 aromatic heterocycles. The second-order valence-electron chi connectivity index (χ2n) is 9.47. The summed E-state index contributed by atoms with van der Waals surface area (Å²) in [6.07, 6.45) is -4.76. The molecule has 5 rings (SSSR count). The summed E-state index contributed by atoms with van der Waals surface area (Å²) in [6, 6.07) is 22.2. The molecule has 1 aliphatic rings. The van der Waals surface area contributed by atoms with Gasteiger partial charge in [-0.1, -0.05) is 66.2 Å². The first-order valence-corrected chi connectivity index (χ1v) is 12.9. The molecule has 4 aromatic carbocycles. The largest absolute Gasteiger partial charge is 0.573 e. The molecule has 0 saturated carbocycles. The van der Waals surface area contributed by atoms with Crippen LogP contribution in [0.3, 0.4) is 0 Å². The highest BCUT2D eigenvalue weighted by molar-refractivity contribution is 6.30. The normalized spacial score (nSPS) is 16.8. The van der Waals surface area contributed by atoms with Crippen molar-refractivity contribution in [1.82, 2.24) is 5.32 Å². The van der Waals surface area contributed by atoms with Crippen molar-refractivity contribution in [2.24, 2.45) is 10.9 Å². The highest BCUT2D eigenvalue weighted by atomic mass is 35.5. The molecule has 4 nitrogen and oxygen atoms in total. The fourth-order valence-corrected chi connectivity index (χ4v) is 4.88. The molecule has 0 bridgehead atoms. The van der Waals surface area contributed by atoms with E-state index in [1.165, 1.54) is 30.3 Å². The van der Waals surface area contributed by atoms with Gasteiger partial charge in [-0.2, -0.15) is 0 Å². The molecule has 4 aromatic rings. The van der Waals surface area contributed by atoms with E-state index in [1.807, 2.05) is 0 Å². The van der Waals surface area contributed by atoms with Crippen molar-refractivity contribution < 1.29 is 31.5 Å². The second-order valence-corrected chi connectivity index (χ2v) is 9.90. The molecule has 0 saturated heterocycles. The number of hydrogen-bond acceptors (Lipinski definition) is 3. The fourth-order valence-electron chi connectivity index (χ4n) is 4.76. The van der Waals surface area contributed by atoms with E-state index in [1.54, 1.807) is 48.5 Å². The van der Waals surface area contributed by atoms with Gasteiger partial charge < -0.3 is 10.1 Å². The SMILES string of the molecule is O=C(NCc1ccc(Cl)cc1)[C@H]1CC(c2c(F)cccc2F)=N[C@H]1c1ccc(-c2ccc(OC(F)(F)F)cc2)cc1. The Morgan fingerprint density at radius 2 is 1.46 bits per heavy atom. The van der Waals surface area contributed by atoms with Gasteiger partial charge in [0.2, 0.25) is 5.91 Å². The van der Waals surface area contributed by atoms with Gasteiger partial charge in [0, 0.05) is 23.7 Å². The van der Waals surface area contributed by atoms with E-state index in [0.717, 1.165) is 17.7 Å². The molecule has 0 radical (unpaired) electrons. The number of ether oxygens (including phenoxy) is 1. The summed E-state index contributed by atoms with van der Waals surface area (Å²) < 4.78 is 70.6. The Labute approximate surface area is 237 Å². The standard InChI is InChI=1S/C31H22ClF5N2O2/c32-22-12-4-18(5-13-22)17-38-30(40)24-16-27(28-25(33)2-1-3-26(28)34)39-29(24)21-8-6-19(7-9-21)20-10-14-23(15-11-20)41-31(35,36)37/h1-15,24,29H,16-17H2,(H,38,40)/t24-,29-/m0/s1. The zero-order valence-corrected chi connectivity index (χ0v) is 22.0. The maximum absolute atomic E-state index is 14.6. The van der Waals surface area contributed by atoms with E-state index >= 15 is 0 Å². The number of carbonyl (C=O) groups is 1. The molecule has 1 amide bonds. The van der Waals surface area contributed by atoms with Crippen LogP contribution in [-0.2, 0) is 11.3 Å². The number of aliphatic imine (C=N–C) groups is 1. The maximum atomic E-state index is 14.6. The van der Waals surface area contributed by atoms with Crippen molar-refractivity contribution in [3.05, 3.63) is 124 Å². The number of hydrogen-bond donors (Lipinski definition) is 1. The zero-order valence-electron chi connectivity index (χ0n) is 21.3. The third-order valence-electron chi connectivity index (χ3n) is 6.73. The van der Waals surface area contributed by atoms with Crippen LogP contribution in [0.25, 0.3) is 11.1 Å². The average molecular weight is 585 g/mol. The van der Waals surface area contributed by atoms with Gasteiger partial charge in [0.05, 0.1) is 17.5 Å². The van der Waals surface area contributed by atoms with E-state index < -0.39 is 30.0 Å². The van der Waals surface area contributed by atoms with Crippen LogP contribution in [0.4, 0.5) is 22.0 Å². The number of benzene rings is 4. The van der Waals surface area contributed by atoms with Crippen LogP contribution in [0.5, 0.6) is 5.75 Å². The number of nitrogens with one attached hydrogen (secondary N) is 1. The van der Waals surface area contributed by atoms with Gasteiger partial charge in [-0.05, 0) is 58.7 Å². The van der Waals surface area contributed by atoms with E-state index in [2.05, 4.69) is 15.0 Å². The molecule has 0 unspecified atom stereocenters. The van der Waals surface area contributed by atoms with Crippen molar-refractivity contribution in [2.45, 2.75) is 25.4 Å². The smallest absolute Gasteiger partial charge is 0.406 e. The predicted molar refractivity (Wildman–Crippen MR) is 146 cm³/mol. The topological polar surface area (TPSA) is 50.7 Å². The van der Waals surface area contributed by atoms with E-state index in [4.69, 9.17) is 11.6 Å². The van der Waals surface area contributed by atoms with Crippen LogP contribution in [0.1, 0.15) is 29.2 Å². The molecule has 0 aliphatic carbocycles. The molecular weight excluding hydrogens is 563 g/mol. The van der Waals surface area contributed by atoms with Crippen LogP contribution in [0.2, 0.25) is 5.02 Å². The average Bonchev–Trinajstić information content (AvgIpc) is 3.37. The molecule has 10 heteroatoms. The van der Waals surface area contributed by atoms with Gasteiger partial charge in [-0.25, -0.2) is 8.78 Å². The number of rotatable bonds is 7. The van der Waals surface area contributed by atoms with Crippen LogP contribution < -0.4 is 10.1 Å². The van der Waals surface area contributed by atoms with Crippen LogP contribution >= 0.6 is 11.6 Å². The first-order chi connectivity index (χ1) is 19.6. The highest BCUT2D eigenvalue weighted by Crippen LogP contribution is 2.38. The van der Waals surface area contributed by atoms with Crippen LogP contribution in [-0.4, -0.2) is 18.0 Å². The van der Waals surface area contributed by atoms with Crippen molar-refractivity contribution in [3.63, 3.8) is 0 Å². The molecule has 1 N–H and O–H groups in total. The summed E-state index contributed by atoms with van der Waals surface area (Å²) in [6.45, 7) is 0.232. The zero-order chi connectivity index (χ0) is 29.1. The third-order valence-corrected chi connectivity index (χ3v) is 6.98. The van der Waals surface area contributed by atoms with Gasteiger partial charge >= 0.3 is 6.36 Å². The summed E-state index contributed by atoms with van der Waals surface area (Å²) in [5.74, 6) is -2.93. The Hall–Kier alpha value is -4.24. The minimum Gasteiger partial charge on any atom is -0.406 e. The molecule has 2 atom stereocenters. The first kappa shape index (κ1) is 28.3. The van der Waals surface area contributed by atoms with Gasteiger partial charge in [0.25, 0.3) is 0 Å². The molecular formula is C31H22ClF5N2O2. The van der Waals surface area contributed by atoms with Crippen LogP contribution in [0.15, 0.2) is 96.0 Å². The lowest BCUT2D eigenvalue weighted by Crippen LogP contribution is -2.32. The summed E-state index contributed by atoms with van der Waals surface area (Å²) in [5, 5.41) is 3.45. The van der Waals surface area contributed by atoms with Crippen molar-refractivity contribution in [2.75, 3.05) is 0 Å². The Balaban J connectivity index is 1.40. The third kappa shape index (κ3) is 6.74. The van der Waals surface area contributed by atoms with E-state index in [0.29, 0.717) is 21.7 Å². The summed E-state index contributed by atoms with van der Waals surface area (Å²) in [4.78, 5) is 17.9. The monoisotopic (exact) mass is 584 g/mol. The van der Waals surface area contributed by atoms with Crippen molar-refractivity contribution >= 4 is 23.2 Å². The molecule has 41 heavy (non-hydrogen) atoms.